The summed E-state index contributed by atoms with van der Waals surface area (Å²) < 4.78 is 22.6. The molecule has 8 heteroatoms. The highest BCUT2D eigenvalue weighted by molar-refractivity contribution is 6.51. The minimum atomic E-state index is -0.998. The van der Waals surface area contributed by atoms with Crippen molar-refractivity contribution in [2.75, 3.05) is 19.7 Å². The number of ether oxygens (including phenoxy) is 2. The smallest absolute Gasteiger partial charge is 0.496 e. The monoisotopic (exact) mass is 401 g/mol. The second-order valence-electron chi connectivity index (χ2n) is 7.95. The Balaban J connectivity index is 1.36. The molecule has 3 fully saturated rings. The quantitative estimate of drug-likeness (QED) is 0.394. The van der Waals surface area contributed by atoms with Crippen molar-refractivity contribution >= 4 is 19.1 Å². The van der Waals surface area contributed by atoms with E-state index in [1.807, 2.05) is 35.2 Å². The molecular formula is C21H28BNO6. The molecule has 4 atom stereocenters. The largest absolute Gasteiger partial charge is 0.632 e. The van der Waals surface area contributed by atoms with Gasteiger partial charge in [-0.15, -0.1) is 0 Å². The van der Waals surface area contributed by atoms with Gasteiger partial charge < -0.3 is 18.8 Å². The number of carbonyl (C=O) groups excluding carboxylic acids is 2. The lowest BCUT2D eigenvalue weighted by molar-refractivity contribution is -0.149. The van der Waals surface area contributed by atoms with Crippen molar-refractivity contribution in [2.45, 2.75) is 63.3 Å². The summed E-state index contributed by atoms with van der Waals surface area (Å²) in [6.07, 6.45) is 4.80. The molecule has 0 bridgehead atoms. The molecule has 2 saturated heterocycles. The normalized spacial score (nSPS) is 30.4. The number of rotatable bonds is 7. The molecular weight excluding hydrogens is 373 g/mol. The third-order valence-corrected chi connectivity index (χ3v) is 5.80. The van der Waals surface area contributed by atoms with E-state index in [1.54, 1.807) is 0 Å². The van der Waals surface area contributed by atoms with E-state index in [4.69, 9.17) is 18.8 Å². The first-order chi connectivity index (χ1) is 14.2. The standard InChI is InChI=1S/C21H28BNO6/c1-2-3-12-26-17-11-7-10-16(17)23-13-18(24)28-22(29-19(25)14-23)21-20(27-21)15-8-5-4-6-9-15/h4-6,8-9,16-17,20-21H,2-3,7,10-14H2,1H3/t16-,17-,20?,21?/m0/s1. The maximum atomic E-state index is 12.5. The van der Waals surface area contributed by atoms with Crippen LogP contribution in [0, 0.1) is 0 Å². The molecule has 0 spiro atoms. The second kappa shape index (κ2) is 9.28. The maximum Gasteiger partial charge on any atom is 0.632 e. The Hall–Kier alpha value is -1.90. The number of carbonyl (C=O) groups is 2. The van der Waals surface area contributed by atoms with Gasteiger partial charge in [-0.2, -0.15) is 0 Å². The number of unbranched alkanes of at least 4 members (excludes halogenated alkanes) is 1. The summed E-state index contributed by atoms with van der Waals surface area (Å²) in [5, 5.41) is 0. The van der Waals surface area contributed by atoms with E-state index >= 15 is 0 Å². The summed E-state index contributed by atoms with van der Waals surface area (Å²) in [4.78, 5) is 26.9. The SMILES string of the molecule is CCCCO[C@H]1CCC[C@@H]1N1CC(=O)OB(C2OC2c2ccccc2)OC(=O)C1. The van der Waals surface area contributed by atoms with Crippen LogP contribution in [0.25, 0.3) is 0 Å². The van der Waals surface area contributed by atoms with Crippen molar-refractivity contribution in [1.29, 1.82) is 0 Å². The molecule has 2 heterocycles. The molecule has 7 nitrogen and oxygen atoms in total. The predicted molar refractivity (Wildman–Crippen MR) is 106 cm³/mol. The topological polar surface area (TPSA) is 77.6 Å². The minimum Gasteiger partial charge on any atom is -0.496 e. The third kappa shape index (κ3) is 5.00. The fourth-order valence-corrected chi connectivity index (χ4v) is 4.25. The zero-order valence-corrected chi connectivity index (χ0v) is 16.8. The molecule has 29 heavy (non-hydrogen) atoms. The highest BCUT2D eigenvalue weighted by Gasteiger charge is 2.56. The van der Waals surface area contributed by atoms with Crippen molar-refractivity contribution < 1.29 is 28.4 Å². The summed E-state index contributed by atoms with van der Waals surface area (Å²) in [5.74, 6) is -0.798. The molecule has 0 amide bonds. The second-order valence-corrected chi connectivity index (χ2v) is 7.95. The first kappa shape index (κ1) is 20.4. The Morgan fingerprint density at radius 1 is 1.10 bits per heavy atom. The zero-order valence-electron chi connectivity index (χ0n) is 16.8. The first-order valence-corrected chi connectivity index (χ1v) is 10.6. The van der Waals surface area contributed by atoms with Crippen molar-refractivity contribution in [1.82, 2.24) is 4.90 Å². The van der Waals surface area contributed by atoms with Crippen molar-refractivity contribution in [3.05, 3.63) is 35.9 Å². The number of hydrogen-bond donors (Lipinski definition) is 0. The molecule has 3 aliphatic rings. The minimum absolute atomic E-state index is 0.0396. The van der Waals surface area contributed by atoms with Gasteiger partial charge >= 0.3 is 19.1 Å². The Labute approximate surface area is 171 Å². The lowest BCUT2D eigenvalue weighted by Crippen LogP contribution is -2.51. The van der Waals surface area contributed by atoms with Crippen LogP contribution in [0.2, 0.25) is 0 Å². The lowest BCUT2D eigenvalue weighted by atomic mass is 9.80. The number of benzene rings is 1. The molecule has 0 radical (unpaired) electrons. The fourth-order valence-electron chi connectivity index (χ4n) is 4.25. The molecule has 0 aromatic heterocycles. The van der Waals surface area contributed by atoms with E-state index in [0.717, 1.165) is 37.7 Å². The van der Waals surface area contributed by atoms with Crippen molar-refractivity contribution in [3.8, 4) is 0 Å². The van der Waals surface area contributed by atoms with Crippen molar-refractivity contribution in [2.24, 2.45) is 0 Å². The number of epoxide rings is 1. The van der Waals surface area contributed by atoms with Gasteiger partial charge in [-0.25, -0.2) is 0 Å². The van der Waals surface area contributed by atoms with Crippen LogP contribution in [-0.2, 0) is 28.4 Å². The maximum absolute atomic E-state index is 12.5. The van der Waals surface area contributed by atoms with Gasteiger partial charge in [0.2, 0.25) is 0 Å². The number of nitrogens with zero attached hydrogens (tertiary/aromatic N) is 1. The molecule has 2 aliphatic heterocycles. The van der Waals surface area contributed by atoms with Gasteiger partial charge in [0.05, 0.1) is 19.2 Å². The van der Waals surface area contributed by atoms with E-state index in [1.165, 1.54) is 0 Å². The van der Waals surface area contributed by atoms with Gasteiger partial charge in [-0.05, 0) is 31.2 Å². The van der Waals surface area contributed by atoms with Crippen LogP contribution in [0.15, 0.2) is 30.3 Å². The van der Waals surface area contributed by atoms with E-state index in [-0.39, 0.29) is 31.3 Å². The Morgan fingerprint density at radius 2 is 1.83 bits per heavy atom. The van der Waals surface area contributed by atoms with Crippen molar-refractivity contribution in [3.63, 3.8) is 0 Å². The van der Waals surface area contributed by atoms with Gasteiger partial charge in [-0.3, -0.25) is 14.5 Å². The van der Waals surface area contributed by atoms with Crippen LogP contribution >= 0.6 is 0 Å². The highest BCUT2D eigenvalue weighted by atomic mass is 16.7. The predicted octanol–water partition coefficient (Wildman–Crippen LogP) is 2.29. The molecule has 1 aromatic carbocycles. The molecule has 1 aliphatic carbocycles. The Kier molecular flexibility index (Phi) is 6.52. The molecule has 4 rings (SSSR count). The Morgan fingerprint density at radius 3 is 2.52 bits per heavy atom. The number of hydrogen-bond acceptors (Lipinski definition) is 7. The summed E-state index contributed by atoms with van der Waals surface area (Å²) in [6, 6.07) is 9.24. The third-order valence-electron chi connectivity index (χ3n) is 5.80. The average Bonchev–Trinajstić information content (AvgIpc) is 3.37. The van der Waals surface area contributed by atoms with E-state index in [2.05, 4.69) is 6.92 Å². The van der Waals surface area contributed by atoms with Gasteiger partial charge in [0, 0.05) is 12.6 Å². The molecule has 1 aromatic rings. The van der Waals surface area contributed by atoms with Gasteiger partial charge in [-0.1, -0.05) is 43.7 Å². The van der Waals surface area contributed by atoms with Crippen LogP contribution in [0.4, 0.5) is 0 Å². The van der Waals surface area contributed by atoms with Gasteiger partial charge in [0.1, 0.15) is 6.10 Å². The van der Waals surface area contributed by atoms with Crippen LogP contribution in [0.3, 0.4) is 0 Å². The zero-order chi connectivity index (χ0) is 20.2. The van der Waals surface area contributed by atoms with Crippen LogP contribution < -0.4 is 0 Å². The summed E-state index contributed by atoms with van der Waals surface area (Å²) in [5.41, 5.74) is 0.978. The van der Waals surface area contributed by atoms with E-state index in [0.29, 0.717) is 6.61 Å². The van der Waals surface area contributed by atoms with Crippen LogP contribution in [-0.4, -0.2) is 61.8 Å². The highest BCUT2D eigenvalue weighted by Crippen LogP contribution is 2.41. The van der Waals surface area contributed by atoms with Gasteiger partial charge in [0.25, 0.3) is 0 Å². The summed E-state index contributed by atoms with van der Waals surface area (Å²) in [6.45, 7) is 2.96. The molecule has 1 saturated carbocycles. The summed E-state index contributed by atoms with van der Waals surface area (Å²) in [7, 11) is -0.998. The lowest BCUT2D eigenvalue weighted by Gasteiger charge is -2.33. The molecule has 156 valence electrons. The van der Waals surface area contributed by atoms with Crippen LogP contribution in [0.1, 0.15) is 50.7 Å². The molecule has 2 unspecified atom stereocenters. The Bertz CT molecular complexity index is 696. The molecule has 0 N–H and O–H groups in total. The van der Waals surface area contributed by atoms with Gasteiger partial charge in [0.15, 0.2) is 6.00 Å². The van der Waals surface area contributed by atoms with Crippen LogP contribution in [0.5, 0.6) is 0 Å². The first-order valence-electron chi connectivity index (χ1n) is 10.6. The van der Waals surface area contributed by atoms with E-state index in [9.17, 15) is 9.59 Å². The van der Waals surface area contributed by atoms with E-state index < -0.39 is 25.1 Å². The summed E-state index contributed by atoms with van der Waals surface area (Å²) >= 11 is 0. The average molecular weight is 401 g/mol. The fraction of sp³-hybridized carbons (Fsp3) is 0.619.